The molecule has 2 aromatic rings. The van der Waals surface area contributed by atoms with Crippen LogP contribution >= 0.6 is 11.6 Å². The first-order valence-electron chi connectivity index (χ1n) is 6.05. The Morgan fingerprint density at radius 2 is 2.06 bits per heavy atom. The molecule has 0 saturated heterocycles. The van der Waals surface area contributed by atoms with E-state index in [1.807, 2.05) is 19.1 Å². The Hall–Kier alpha value is -1.48. The summed E-state index contributed by atoms with van der Waals surface area (Å²) in [6, 6.07) is 7.24. The van der Waals surface area contributed by atoms with Gasteiger partial charge in [0.05, 0.1) is 5.69 Å². The molecule has 4 heteroatoms. The number of hydrogen-bond donors (Lipinski definition) is 1. The van der Waals surface area contributed by atoms with Gasteiger partial charge < -0.3 is 0 Å². The average Bonchev–Trinajstić information content (AvgIpc) is 2.62. The monoisotopic (exact) mass is 264 g/mol. The normalized spacial score (nSPS) is 11.2. The number of H-pyrrole nitrogens is 1. The number of aromatic nitrogens is 2. The van der Waals surface area contributed by atoms with Crippen molar-refractivity contribution >= 4 is 11.6 Å². The maximum absolute atomic E-state index is 11.9. The van der Waals surface area contributed by atoms with Crippen LogP contribution in [-0.4, -0.2) is 9.78 Å². The number of halogens is 1. The fraction of sp³-hybridized carbons (Fsp3) is 0.357. The first-order chi connectivity index (χ1) is 8.47. The van der Waals surface area contributed by atoms with Crippen LogP contribution in [0, 0.1) is 12.8 Å². The topological polar surface area (TPSA) is 37.8 Å². The molecule has 0 unspecified atom stereocenters. The van der Waals surface area contributed by atoms with Crippen LogP contribution in [0.2, 0.25) is 5.02 Å². The molecule has 0 aliphatic rings. The molecule has 1 N–H and O–H groups in total. The smallest absolute Gasteiger partial charge is 0.271 e. The van der Waals surface area contributed by atoms with E-state index in [1.54, 1.807) is 12.1 Å². The SMILES string of the molecule is Cc1ccc(-n2[nH]c(CC(C)C)cc2=O)cc1Cl. The van der Waals surface area contributed by atoms with Crippen LogP contribution in [0.1, 0.15) is 25.1 Å². The number of benzene rings is 1. The molecule has 18 heavy (non-hydrogen) atoms. The Labute approximate surface area is 111 Å². The maximum atomic E-state index is 11.9. The maximum Gasteiger partial charge on any atom is 0.271 e. The number of rotatable bonds is 3. The van der Waals surface area contributed by atoms with Gasteiger partial charge in [0.2, 0.25) is 0 Å². The summed E-state index contributed by atoms with van der Waals surface area (Å²) in [4.78, 5) is 11.9. The summed E-state index contributed by atoms with van der Waals surface area (Å²) in [6.45, 7) is 6.19. The van der Waals surface area contributed by atoms with Crippen molar-refractivity contribution in [3.8, 4) is 5.69 Å². The van der Waals surface area contributed by atoms with Crippen LogP contribution in [0.25, 0.3) is 5.69 Å². The van der Waals surface area contributed by atoms with Crippen LogP contribution in [0.15, 0.2) is 29.1 Å². The van der Waals surface area contributed by atoms with E-state index in [-0.39, 0.29) is 5.56 Å². The molecular weight excluding hydrogens is 248 g/mol. The predicted molar refractivity (Wildman–Crippen MR) is 74.7 cm³/mol. The fourth-order valence-electron chi connectivity index (χ4n) is 1.90. The molecule has 96 valence electrons. The molecule has 2 rings (SSSR count). The van der Waals surface area contributed by atoms with E-state index in [0.717, 1.165) is 23.4 Å². The number of hydrogen-bond acceptors (Lipinski definition) is 1. The molecular formula is C14H17ClN2O. The molecule has 0 atom stereocenters. The van der Waals surface area contributed by atoms with Gasteiger partial charge in [-0.25, -0.2) is 4.68 Å². The molecule has 1 heterocycles. The van der Waals surface area contributed by atoms with Crippen LogP contribution in [0.4, 0.5) is 0 Å². The molecule has 0 spiro atoms. The lowest BCUT2D eigenvalue weighted by atomic mass is 10.1. The van der Waals surface area contributed by atoms with Gasteiger partial charge in [-0.3, -0.25) is 9.89 Å². The zero-order chi connectivity index (χ0) is 13.3. The van der Waals surface area contributed by atoms with Crippen molar-refractivity contribution in [3.05, 3.63) is 50.9 Å². The largest absolute Gasteiger partial charge is 0.295 e. The minimum atomic E-state index is -0.0504. The zero-order valence-corrected chi connectivity index (χ0v) is 11.6. The van der Waals surface area contributed by atoms with E-state index < -0.39 is 0 Å². The fourth-order valence-corrected chi connectivity index (χ4v) is 2.08. The zero-order valence-electron chi connectivity index (χ0n) is 10.8. The van der Waals surface area contributed by atoms with Gasteiger partial charge in [0, 0.05) is 16.8 Å². The summed E-state index contributed by atoms with van der Waals surface area (Å²) < 4.78 is 1.53. The Balaban J connectivity index is 2.41. The summed E-state index contributed by atoms with van der Waals surface area (Å²) >= 11 is 6.08. The molecule has 3 nitrogen and oxygen atoms in total. The van der Waals surface area contributed by atoms with Crippen molar-refractivity contribution in [2.75, 3.05) is 0 Å². The summed E-state index contributed by atoms with van der Waals surface area (Å²) in [5.74, 6) is 0.512. The lowest BCUT2D eigenvalue weighted by Crippen LogP contribution is -2.13. The van der Waals surface area contributed by atoms with E-state index in [0.29, 0.717) is 10.9 Å². The lowest BCUT2D eigenvalue weighted by Gasteiger charge is -2.05. The standard InChI is InChI=1S/C14H17ClN2O/c1-9(2)6-11-7-14(18)17(16-11)12-5-4-10(3)13(15)8-12/h4-5,7-9,16H,6H2,1-3H3. The van der Waals surface area contributed by atoms with Gasteiger partial charge in [-0.1, -0.05) is 31.5 Å². The van der Waals surface area contributed by atoms with E-state index in [2.05, 4.69) is 18.9 Å². The lowest BCUT2D eigenvalue weighted by molar-refractivity contribution is 0.628. The predicted octanol–water partition coefficient (Wildman–Crippen LogP) is 3.33. The van der Waals surface area contributed by atoms with Gasteiger partial charge in [0.25, 0.3) is 5.56 Å². The third-order valence-electron chi connectivity index (χ3n) is 2.82. The van der Waals surface area contributed by atoms with Crippen molar-refractivity contribution in [1.82, 2.24) is 9.78 Å². The average molecular weight is 265 g/mol. The second-order valence-corrected chi connectivity index (χ2v) is 5.39. The van der Waals surface area contributed by atoms with Crippen molar-refractivity contribution in [1.29, 1.82) is 0 Å². The number of nitrogens with one attached hydrogen (secondary N) is 1. The molecule has 0 saturated carbocycles. The highest BCUT2D eigenvalue weighted by atomic mass is 35.5. The van der Waals surface area contributed by atoms with Gasteiger partial charge in [0.1, 0.15) is 0 Å². The quantitative estimate of drug-likeness (QED) is 0.907. The van der Waals surface area contributed by atoms with Crippen molar-refractivity contribution in [2.24, 2.45) is 5.92 Å². The molecule has 1 aromatic heterocycles. The van der Waals surface area contributed by atoms with E-state index in [1.165, 1.54) is 4.68 Å². The first-order valence-corrected chi connectivity index (χ1v) is 6.42. The van der Waals surface area contributed by atoms with Gasteiger partial charge in [-0.05, 0) is 37.0 Å². The first kappa shape index (κ1) is 13.0. The van der Waals surface area contributed by atoms with E-state index in [9.17, 15) is 4.79 Å². The van der Waals surface area contributed by atoms with E-state index >= 15 is 0 Å². The van der Waals surface area contributed by atoms with Gasteiger partial charge >= 0.3 is 0 Å². The Bertz CT molecular complexity index is 610. The highest BCUT2D eigenvalue weighted by Crippen LogP contribution is 2.18. The summed E-state index contributed by atoms with van der Waals surface area (Å²) in [5, 5.41) is 3.79. The minimum absolute atomic E-state index is 0.0504. The van der Waals surface area contributed by atoms with Gasteiger partial charge in [-0.15, -0.1) is 0 Å². The number of aryl methyl sites for hydroxylation is 1. The van der Waals surface area contributed by atoms with Crippen molar-refractivity contribution in [3.63, 3.8) is 0 Å². The second-order valence-electron chi connectivity index (χ2n) is 4.99. The minimum Gasteiger partial charge on any atom is -0.295 e. The highest BCUT2D eigenvalue weighted by molar-refractivity contribution is 6.31. The molecule has 0 aliphatic heterocycles. The van der Waals surface area contributed by atoms with Crippen molar-refractivity contribution < 1.29 is 0 Å². The summed E-state index contributed by atoms with van der Waals surface area (Å²) in [5.41, 5.74) is 2.67. The van der Waals surface area contributed by atoms with Crippen LogP contribution in [0.5, 0.6) is 0 Å². The molecule has 0 amide bonds. The van der Waals surface area contributed by atoms with Crippen LogP contribution in [0.3, 0.4) is 0 Å². The molecule has 0 fully saturated rings. The van der Waals surface area contributed by atoms with Crippen LogP contribution in [-0.2, 0) is 6.42 Å². The Morgan fingerprint density at radius 1 is 1.33 bits per heavy atom. The molecule has 1 aromatic carbocycles. The van der Waals surface area contributed by atoms with Gasteiger partial charge in [-0.2, -0.15) is 0 Å². The second kappa shape index (κ2) is 5.02. The molecule has 0 radical (unpaired) electrons. The molecule has 0 bridgehead atoms. The summed E-state index contributed by atoms with van der Waals surface area (Å²) in [7, 11) is 0. The van der Waals surface area contributed by atoms with Crippen LogP contribution < -0.4 is 5.56 Å². The molecule has 0 aliphatic carbocycles. The van der Waals surface area contributed by atoms with Crippen molar-refractivity contribution in [2.45, 2.75) is 27.2 Å². The number of nitrogens with zero attached hydrogens (tertiary/aromatic N) is 1. The Kier molecular flexibility index (Phi) is 3.62. The highest BCUT2D eigenvalue weighted by Gasteiger charge is 2.07. The summed E-state index contributed by atoms with van der Waals surface area (Å²) in [6.07, 6.45) is 0.863. The third kappa shape index (κ3) is 2.67. The van der Waals surface area contributed by atoms with Gasteiger partial charge in [0.15, 0.2) is 0 Å². The third-order valence-corrected chi connectivity index (χ3v) is 3.22. The van der Waals surface area contributed by atoms with E-state index in [4.69, 9.17) is 11.6 Å². The number of aromatic amines is 1. The Morgan fingerprint density at radius 3 is 2.67 bits per heavy atom.